The predicted molar refractivity (Wildman–Crippen MR) is 73.1 cm³/mol. The molecule has 2 N–H and O–H groups in total. The van der Waals surface area contributed by atoms with Crippen LogP contribution in [0, 0.1) is 0 Å². The van der Waals surface area contributed by atoms with E-state index in [0.717, 1.165) is 0 Å². The fourth-order valence-corrected chi connectivity index (χ4v) is 2.09. The molecule has 0 aromatic heterocycles. The molecule has 1 unspecified atom stereocenters. The molecule has 112 valence electrons. The second-order valence-electron chi connectivity index (χ2n) is 4.68. The minimum Gasteiger partial charge on any atom is -0.482 e. The lowest BCUT2D eigenvalue weighted by Gasteiger charge is -2.32. The Morgan fingerprint density at radius 3 is 2.95 bits per heavy atom. The van der Waals surface area contributed by atoms with Gasteiger partial charge in [0.15, 0.2) is 6.61 Å². The summed E-state index contributed by atoms with van der Waals surface area (Å²) in [6.07, 6.45) is 0. The van der Waals surface area contributed by atoms with Crippen LogP contribution >= 0.6 is 0 Å². The van der Waals surface area contributed by atoms with Gasteiger partial charge in [-0.25, -0.2) is 4.79 Å². The molecule has 0 bridgehead atoms. The lowest BCUT2D eigenvalue weighted by Crippen LogP contribution is -2.55. The molecule has 1 aliphatic heterocycles. The molecule has 1 atom stereocenters. The fourth-order valence-electron chi connectivity index (χ4n) is 2.09. The first kappa shape index (κ1) is 14.8. The Labute approximate surface area is 121 Å². The lowest BCUT2D eigenvalue weighted by molar-refractivity contribution is -0.139. The van der Waals surface area contributed by atoms with Crippen molar-refractivity contribution in [2.24, 2.45) is 0 Å². The Kier molecular flexibility index (Phi) is 4.42. The third kappa shape index (κ3) is 3.50. The van der Waals surface area contributed by atoms with Crippen molar-refractivity contribution in [3.63, 3.8) is 0 Å². The van der Waals surface area contributed by atoms with Crippen LogP contribution in [-0.2, 0) is 9.59 Å². The van der Waals surface area contributed by atoms with Crippen molar-refractivity contribution >= 4 is 17.8 Å². The van der Waals surface area contributed by atoms with E-state index in [1.165, 1.54) is 11.0 Å². The number of aliphatic carboxylic acids is 1. The predicted octanol–water partition coefficient (Wildman–Crippen LogP) is 0.110. The highest BCUT2D eigenvalue weighted by Crippen LogP contribution is 2.17. The minimum absolute atomic E-state index is 0.187. The maximum Gasteiger partial charge on any atom is 0.341 e. The number of benzene rings is 1. The van der Waals surface area contributed by atoms with Crippen LogP contribution in [0.1, 0.15) is 17.3 Å². The highest BCUT2D eigenvalue weighted by atomic mass is 16.5. The summed E-state index contributed by atoms with van der Waals surface area (Å²) in [5.74, 6) is -1.25. The van der Waals surface area contributed by atoms with Gasteiger partial charge in [0.25, 0.3) is 5.91 Å². The molecule has 2 amide bonds. The molecule has 7 heteroatoms. The standard InChI is InChI=1S/C14H16N2O5/c1-9-13(19)15-5-6-16(9)14(20)10-3-2-4-11(7-10)21-8-12(17)18/h2-4,7,9H,5-6,8H2,1H3,(H,15,19)(H,17,18). The van der Waals surface area contributed by atoms with Crippen LogP contribution in [0.15, 0.2) is 24.3 Å². The minimum atomic E-state index is -1.09. The van der Waals surface area contributed by atoms with E-state index in [9.17, 15) is 14.4 Å². The molecular formula is C14H16N2O5. The van der Waals surface area contributed by atoms with Gasteiger partial charge in [0.05, 0.1) is 0 Å². The zero-order valence-corrected chi connectivity index (χ0v) is 11.5. The topological polar surface area (TPSA) is 95.9 Å². The Hall–Kier alpha value is -2.57. The van der Waals surface area contributed by atoms with Gasteiger partial charge < -0.3 is 20.1 Å². The number of amides is 2. The quantitative estimate of drug-likeness (QED) is 0.821. The number of rotatable bonds is 4. The van der Waals surface area contributed by atoms with Crippen LogP contribution in [0.3, 0.4) is 0 Å². The van der Waals surface area contributed by atoms with Gasteiger partial charge in [-0.15, -0.1) is 0 Å². The van der Waals surface area contributed by atoms with E-state index >= 15 is 0 Å². The van der Waals surface area contributed by atoms with Gasteiger partial charge in [-0.1, -0.05) is 6.07 Å². The van der Waals surface area contributed by atoms with E-state index in [-0.39, 0.29) is 11.8 Å². The molecule has 1 aromatic carbocycles. The second kappa shape index (κ2) is 6.25. The molecule has 0 saturated carbocycles. The second-order valence-corrected chi connectivity index (χ2v) is 4.68. The van der Waals surface area contributed by atoms with E-state index < -0.39 is 18.6 Å². The number of hydrogen-bond acceptors (Lipinski definition) is 4. The van der Waals surface area contributed by atoms with Crippen molar-refractivity contribution in [1.29, 1.82) is 0 Å². The average Bonchev–Trinajstić information content (AvgIpc) is 2.47. The smallest absolute Gasteiger partial charge is 0.341 e. The summed E-state index contributed by atoms with van der Waals surface area (Å²) in [6, 6.07) is 5.74. The Morgan fingerprint density at radius 1 is 1.48 bits per heavy atom. The van der Waals surface area contributed by atoms with Crippen molar-refractivity contribution in [3.05, 3.63) is 29.8 Å². The molecule has 0 spiro atoms. The summed E-state index contributed by atoms with van der Waals surface area (Å²) in [7, 11) is 0. The third-order valence-corrected chi connectivity index (χ3v) is 3.20. The number of ether oxygens (including phenoxy) is 1. The van der Waals surface area contributed by atoms with Gasteiger partial charge in [0, 0.05) is 18.7 Å². The number of carboxylic acids is 1. The fraction of sp³-hybridized carbons (Fsp3) is 0.357. The zero-order chi connectivity index (χ0) is 15.4. The van der Waals surface area contributed by atoms with Crippen molar-refractivity contribution < 1.29 is 24.2 Å². The molecule has 1 aliphatic rings. The molecule has 21 heavy (non-hydrogen) atoms. The average molecular weight is 292 g/mol. The Morgan fingerprint density at radius 2 is 2.24 bits per heavy atom. The maximum absolute atomic E-state index is 12.4. The van der Waals surface area contributed by atoms with Crippen LogP contribution in [0.25, 0.3) is 0 Å². The molecule has 1 saturated heterocycles. The summed E-state index contributed by atoms with van der Waals surface area (Å²) < 4.78 is 5.04. The number of piperazine rings is 1. The summed E-state index contributed by atoms with van der Waals surface area (Å²) >= 11 is 0. The van der Waals surface area contributed by atoms with E-state index in [2.05, 4.69) is 5.32 Å². The zero-order valence-electron chi connectivity index (χ0n) is 11.5. The molecule has 0 radical (unpaired) electrons. The van der Waals surface area contributed by atoms with E-state index in [1.807, 2.05) is 0 Å². The first-order valence-corrected chi connectivity index (χ1v) is 6.52. The number of carbonyl (C=O) groups excluding carboxylic acids is 2. The van der Waals surface area contributed by atoms with Crippen molar-refractivity contribution in [3.8, 4) is 5.75 Å². The molecule has 7 nitrogen and oxygen atoms in total. The van der Waals surface area contributed by atoms with E-state index in [4.69, 9.17) is 9.84 Å². The summed E-state index contributed by atoms with van der Waals surface area (Å²) in [4.78, 5) is 36.0. The highest BCUT2D eigenvalue weighted by Gasteiger charge is 2.29. The first-order chi connectivity index (χ1) is 9.99. The number of nitrogens with one attached hydrogen (secondary N) is 1. The number of carbonyl (C=O) groups is 3. The molecular weight excluding hydrogens is 276 g/mol. The van der Waals surface area contributed by atoms with E-state index in [1.54, 1.807) is 25.1 Å². The van der Waals surface area contributed by atoms with Crippen molar-refractivity contribution in [2.45, 2.75) is 13.0 Å². The third-order valence-electron chi connectivity index (χ3n) is 3.20. The van der Waals surface area contributed by atoms with Gasteiger partial charge in [0.2, 0.25) is 5.91 Å². The SMILES string of the molecule is CC1C(=O)NCCN1C(=O)c1cccc(OCC(=O)O)c1. The molecule has 2 rings (SSSR count). The molecule has 1 fully saturated rings. The van der Waals surface area contributed by atoms with Crippen LogP contribution in [0.4, 0.5) is 0 Å². The monoisotopic (exact) mass is 292 g/mol. The summed E-state index contributed by atoms with van der Waals surface area (Å²) in [6.45, 7) is 2.05. The summed E-state index contributed by atoms with van der Waals surface area (Å²) in [5.41, 5.74) is 0.361. The normalized spacial score (nSPS) is 18.0. The van der Waals surface area contributed by atoms with Crippen LogP contribution in [-0.4, -0.2) is 53.5 Å². The van der Waals surface area contributed by atoms with Crippen LogP contribution in [0.5, 0.6) is 5.75 Å². The van der Waals surface area contributed by atoms with Crippen molar-refractivity contribution in [1.82, 2.24) is 10.2 Å². The largest absolute Gasteiger partial charge is 0.482 e. The number of nitrogens with zero attached hydrogens (tertiary/aromatic N) is 1. The van der Waals surface area contributed by atoms with Gasteiger partial charge in [-0.05, 0) is 25.1 Å². The summed E-state index contributed by atoms with van der Waals surface area (Å²) in [5, 5.41) is 11.3. The Balaban J connectivity index is 2.13. The molecule has 1 aromatic rings. The molecule has 0 aliphatic carbocycles. The Bertz CT molecular complexity index is 572. The lowest BCUT2D eigenvalue weighted by atomic mass is 10.1. The number of hydrogen-bond donors (Lipinski definition) is 2. The van der Waals surface area contributed by atoms with Crippen molar-refractivity contribution in [2.75, 3.05) is 19.7 Å². The number of carboxylic acid groups (broad SMARTS) is 1. The maximum atomic E-state index is 12.4. The highest BCUT2D eigenvalue weighted by molar-refractivity contribution is 5.98. The van der Waals surface area contributed by atoms with E-state index in [0.29, 0.717) is 24.4 Å². The first-order valence-electron chi connectivity index (χ1n) is 6.52. The van der Waals surface area contributed by atoms with Gasteiger partial charge >= 0.3 is 5.97 Å². The molecule has 1 heterocycles. The van der Waals surface area contributed by atoms with Crippen LogP contribution in [0.2, 0.25) is 0 Å². The van der Waals surface area contributed by atoms with Gasteiger partial charge in [0.1, 0.15) is 11.8 Å². The van der Waals surface area contributed by atoms with Gasteiger partial charge in [-0.2, -0.15) is 0 Å². The van der Waals surface area contributed by atoms with Gasteiger partial charge in [-0.3, -0.25) is 9.59 Å². The van der Waals surface area contributed by atoms with Crippen LogP contribution < -0.4 is 10.1 Å².